The van der Waals surface area contributed by atoms with Crippen LogP contribution in [-0.4, -0.2) is 10.2 Å². The number of nitrogens with zero attached hydrogens (tertiary/aromatic N) is 2. The molecule has 0 saturated heterocycles. The van der Waals surface area contributed by atoms with Gasteiger partial charge in [0.25, 0.3) is 0 Å². The van der Waals surface area contributed by atoms with Crippen LogP contribution in [0.2, 0.25) is 10.3 Å². The second-order valence-electron chi connectivity index (χ2n) is 3.52. The van der Waals surface area contributed by atoms with Crippen LogP contribution in [0.3, 0.4) is 0 Å². The first-order valence-electron chi connectivity index (χ1n) is 4.92. The summed E-state index contributed by atoms with van der Waals surface area (Å²) in [7, 11) is 0. The van der Waals surface area contributed by atoms with Crippen LogP contribution in [0.25, 0.3) is 22.3 Å². The predicted octanol–water partition coefficient (Wildman–Crippen LogP) is 4.20. The Morgan fingerprint density at radius 1 is 1.00 bits per heavy atom. The van der Waals surface area contributed by atoms with E-state index in [9.17, 15) is 0 Å². The van der Waals surface area contributed by atoms with Gasteiger partial charge in [-0.05, 0) is 18.2 Å². The summed E-state index contributed by atoms with van der Waals surface area (Å²) < 4.78 is 5.68. The molecule has 0 saturated carbocycles. The molecule has 0 atom stereocenters. The Morgan fingerprint density at radius 2 is 1.82 bits per heavy atom. The molecule has 0 spiro atoms. The van der Waals surface area contributed by atoms with Crippen molar-refractivity contribution in [2.75, 3.05) is 0 Å². The van der Waals surface area contributed by atoms with Crippen LogP contribution < -0.4 is 0 Å². The number of fused-ring (bicyclic) bond motifs is 1. The van der Waals surface area contributed by atoms with Crippen molar-refractivity contribution in [3.8, 4) is 11.3 Å². The zero-order valence-corrected chi connectivity index (χ0v) is 10.0. The van der Waals surface area contributed by atoms with Gasteiger partial charge in [-0.15, -0.1) is 10.2 Å². The van der Waals surface area contributed by atoms with Gasteiger partial charge in [-0.25, -0.2) is 0 Å². The Kier molecular flexibility index (Phi) is 2.50. The largest absolute Gasteiger partial charge is 0.456 e. The molecule has 0 fully saturated rings. The molecule has 0 N–H and O–H groups in total. The molecule has 1 aromatic carbocycles. The van der Waals surface area contributed by atoms with Gasteiger partial charge in [0.1, 0.15) is 11.3 Å². The van der Waals surface area contributed by atoms with Crippen LogP contribution in [0.4, 0.5) is 0 Å². The topological polar surface area (TPSA) is 38.9 Å². The van der Waals surface area contributed by atoms with Crippen molar-refractivity contribution in [1.29, 1.82) is 0 Å². The van der Waals surface area contributed by atoms with E-state index >= 15 is 0 Å². The van der Waals surface area contributed by atoms with E-state index in [-0.39, 0.29) is 10.3 Å². The van der Waals surface area contributed by atoms with E-state index in [0.717, 1.165) is 11.0 Å². The molecule has 0 radical (unpaired) electrons. The number of furan rings is 1. The number of rotatable bonds is 1. The van der Waals surface area contributed by atoms with Gasteiger partial charge in [0.15, 0.2) is 10.3 Å². The van der Waals surface area contributed by atoms with Gasteiger partial charge in [-0.1, -0.05) is 41.4 Å². The van der Waals surface area contributed by atoms with Crippen molar-refractivity contribution in [2.24, 2.45) is 0 Å². The van der Waals surface area contributed by atoms with E-state index in [1.807, 2.05) is 30.3 Å². The van der Waals surface area contributed by atoms with E-state index in [4.69, 9.17) is 27.6 Å². The van der Waals surface area contributed by atoms with Crippen molar-refractivity contribution in [3.05, 3.63) is 46.7 Å². The molecule has 0 amide bonds. The third-order valence-corrected chi connectivity index (χ3v) is 2.87. The standard InChI is InChI=1S/C12H6Cl2N2O/c13-11-6-8(12(14)16-15-11)10-5-7-3-1-2-4-9(7)17-10/h1-6H. The molecule has 0 aliphatic heterocycles. The highest BCUT2D eigenvalue weighted by Crippen LogP contribution is 2.32. The van der Waals surface area contributed by atoms with Gasteiger partial charge in [0, 0.05) is 5.39 Å². The lowest BCUT2D eigenvalue weighted by Gasteiger charge is -1.98. The minimum Gasteiger partial charge on any atom is -0.456 e. The molecule has 2 heterocycles. The van der Waals surface area contributed by atoms with Gasteiger partial charge < -0.3 is 4.42 Å². The average molecular weight is 265 g/mol. The monoisotopic (exact) mass is 264 g/mol. The third kappa shape index (κ3) is 1.88. The summed E-state index contributed by atoms with van der Waals surface area (Å²) >= 11 is 11.8. The van der Waals surface area contributed by atoms with Crippen molar-refractivity contribution in [2.45, 2.75) is 0 Å². The summed E-state index contributed by atoms with van der Waals surface area (Å²) in [5.41, 5.74) is 1.44. The van der Waals surface area contributed by atoms with Crippen LogP contribution in [0.1, 0.15) is 0 Å². The van der Waals surface area contributed by atoms with Gasteiger partial charge in [-0.2, -0.15) is 0 Å². The summed E-state index contributed by atoms with van der Waals surface area (Å²) in [6.45, 7) is 0. The van der Waals surface area contributed by atoms with Gasteiger partial charge in [0.05, 0.1) is 5.56 Å². The number of hydrogen-bond acceptors (Lipinski definition) is 3. The molecule has 3 aromatic rings. The Labute approximate surface area is 107 Å². The van der Waals surface area contributed by atoms with Crippen LogP contribution in [0.15, 0.2) is 40.8 Å². The Morgan fingerprint density at radius 3 is 2.65 bits per heavy atom. The van der Waals surface area contributed by atoms with E-state index in [0.29, 0.717) is 11.3 Å². The number of halogens is 2. The molecule has 0 bridgehead atoms. The van der Waals surface area contributed by atoms with E-state index < -0.39 is 0 Å². The minimum atomic E-state index is 0.272. The van der Waals surface area contributed by atoms with E-state index in [1.165, 1.54) is 0 Å². The van der Waals surface area contributed by atoms with Crippen LogP contribution in [0, 0.1) is 0 Å². The summed E-state index contributed by atoms with van der Waals surface area (Å²) in [6, 6.07) is 11.2. The molecule has 84 valence electrons. The Hall–Kier alpha value is -1.58. The number of hydrogen-bond donors (Lipinski definition) is 0. The molecule has 0 aliphatic rings. The SMILES string of the molecule is Clc1cc(-c2cc3ccccc3o2)c(Cl)nn1. The maximum atomic E-state index is 5.97. The fourth-order valence-electron chi connectivity index (χ4n) is 1.64. The van der Waals surface area contributed by atoms with Crippen LogP contribution >= 0.6 is 23.2 Å². The predicted molar refractivity (Wildman–Crippen MR) is 67.3 cm³/mol. The first-order valence-corrected chi connectivity index (χ1v) is 5.67. The second kappa shape index (κ2) is 4.02. The number of para-hydroxylation sites is 1. The molecule has 2 aromatic heterocycles. The molecule has 3 rings (SSSR count). The lowest BCUT2D eigenvalue weighted by Crippen LogP contribution is -1.86. The lowest BCUT2D eigenvalue weighted by molar-refractivity contribution is 0.631. The smallest absolute Gasteiger partial charge is 0.162 e. The molecular weight excluding hydrogens is 259 g/mol. The molecular formula is C12H6Cl2N2O. The first kappa shape index (κ1) is 10.6. The molecule has 3 nitrogen and oxygen atoms in total. The summed E-state index contributed by atoms with van der Waals surface area (Å²) in [4.78, 5) is 0. The number of aromatic nitrogens is 2. The maximum Gasteiger partial charge on any atom is 0.162 e. The second-order valence-corrected chi connectivity index (χ2v) is 4.27. The average Bonchev–Trinajstić information content (AvgIpc) is 2.75. The molecule has 5 heteroatoms. The third-order valence-electron chi connectivity index (χ3n) is 2.41. The molecule has 0 aliphatic carbocycles. The fourth-order valence-corrected chi connectivity index (χ4v) is 1.97. The molecule has 0 unspecified atom stereocenters. The normalized spacial score (nSPS) is 10.9. The van der Waals surface area contributed by atoms with Gasteiger partial charge >= 0.3 is 0 Å². The Balaban J connectivity index is 2.23. The summed E-state index contributed by atoms with van der Waals surface area (Å²) in [5, 5.41) is 8.97. The maximum absolute atomic E-state index is 5.97. The zero-order valence-electron chi connectivity index (χ0n) is 8.52. The Bertz CT molecular complexity index is 661. The van der Waals surface area contributed by atoms with Crippen molar-refractivity contribution in [3.63, 3.8) is 0 Å². The highest BCUT2D eigenvalue weighted by molar-refractivity contribution is 6.33. The van der Waals surface area contributed by atoms with Crippen LogP contribution in [0.5, 0.6) is 0 Å². The molecule has 17 heavy (non-hydrogen) atoms. The fraction of sp³-hybridized carbons (Fsp3) is 0. The van der Waals surface area contributed by atoms with Crippen molar-refractivity contribution in [1.82, 2.24) is 10.2 Å². The minimum absolute atomic E-state index is 0.272. The van der Waals surface area contributed by atoms with Gasteiger partial charge in [-0.3, -0.25) is 0 Å². The van der Waals surface area contributed by atoms with E-state index in [2.05, 4.69) is 10.2 Å². The number of benzene rings is 1. The summed E-state index contributed by atoms with van der Waals surface area (Å²) in [5.74, 6) is 0.632. The quantitative estimate of drug-likeness (QED) is 0.662. The van der Waals surface area contributed by atoms with E-state index in [1.54, 1.807) is 6.07 Å². The highest BCUT2D eigenvalue weighted by atomic mass is 35.5. The van der Waals surface area contributed by atoms with Crippen LogP contribution in [-0.2, 0) is 0 Å². The zero-order chi connectivity index (χ0) is 11.8. The van der Waals surface area contributed by atoms with Gasteiger partial charge in [0.2, 0.25) is 0 Å². The summed E-state index contributed by atoms with van der Waals surface area (Å²) in [6.07, 6.45) is 0. The first-order chi connectivity index (χ1) is 8.24. The lowest BCUT2D eigenvalue weighted by atomic mass is 10.2. The van der Waals surface area contributed by atoms with Crippen molar-refractivity contribution < 1.29 is 4.42 Å². The van der Waals surface area contributed by atoms with Crippen molar-refractivity contribution >= 4 is 34.2 Å². The highest BCUT2D eigenvalue weighted by Gasteiger charge is 2.11.